The number of hydrogen-bond donors (Lipinski definition) is 1. The predicted molar refractivity (Wildman–Crippen MR) is 159 cm³/mol. The minimum Gasteiger partial charge on any atom is -0.396 e. The molecule has 0 aromatic carbocycles. The highest BCUT2D eigenvalue weighted by Crippen LogP contribution is 2.15. The molecule has 0 rings (SSSR count). The topological polar surface area (TPSA) is 38.7 Å². The molecular formula is C33H66O3. The first-order chi connectivity index (χ1) is 17.8. The molecule has 0 bridgehead atoms. The predicted octanol–water partition coefficient (Wildman–Crippen LogP) is 10.7. The van der Waals surface area contributed by atoms with Gasteiger partial charge in [0.1, 0.15) is 0 Å². The molecule has 0 aliphatic heterocycles. The number of aliphatic hydroxyl groups excluding tert-OH is 1. The van der Waals surface area contributed by atoms with Crippen LogP contribution in [0, 0.1) is 0 Å². The standard InChI is InChI=1S/C33H66O3/c1-3-5-7-9-11-19-23-27-31-35-33(36-32-28-24-20-12-10-8-6-4-2)29-25-21-17-15-13-14-16-18-22-26-30-34/h18,22,33-34H,3-17,19-21,23-32H2,1-2H3/b22-18-. The first-order valence-corrected chi connectivity index (χ1v) is 16.3. The summed E-state index contributed by atoms with van der Waals surface area (Å²) in [6.45, 7) is 6.56. The zero-order chi connectivity index (χ0) is 26.2. The molecule has 0 saturated carbocycles. The quantitative estimate of drug-likeness (QED) is 0.0572. The van der Waals surface area contributed by atoms with Crippen LogP contribution in [0.1, 0.15) is 174 Å². The molecule has 0 aromatic heterocycles. The van der Waals surface area contributed by atoms with E-state index in [4.69, 9.17) is 14.6 Å². The first-order valence-electron chi connectivity index (χ1n) is 16.3. The molecule has 0 aromatic rings. The zero-order valence-electron chi connectivity index (χ0n) is 24.8. The second-order valence-corrected chi connectivity index (χ2v) is 10.8. The van der Waals surface area contributed by atoms with Crippen LogP contribution in [0.3, 0.4) is 0 Å². The van der Waals surface area contributed by atoms with E-state index in [1.807, 2.05) is 0 Å². The van der Waals surface area contributed by atoms with E-state index in [-0.39, 0.29) is 12.9 Å². The summed E-state index contributed by atoms with van der Waals surface area (Å²) in [6.07, 6.45) is 36.6. The van der Waals surface area contributed by atoms with Crippen LogP contribution >= 0.6 is 0 Å². The number of ether oxygens (including phenoxy) is 2. The monoisotopic (exact) mass is 511 g/mol. The molecule has 0 aliphatic carbocycles. The number of hydrogen-bond acceptors (Lipinski definition) is 3. The van der Waals surface area contributed by atoms with Gasteiger partial charge in [0.05, 0.1) is 0 Å². The van der Waals surface area contributed by atoms with Crippen LogP contribution in [-0.4, -0.2) is 31.2 Å². The second kappa shape index (κ2) is 32.6. The van der Waals surface area contributed by atoms with Crippen molar-refractivity contribution in [3.8, 4) is 0 Å². The Morgan fingerprint density at radius 1 is 0.472 bits per heavy atom. The van der Waals surface area contributed by atoms with Gasteiger partial charge < -0.3 is 14.6 Å². The third kappa shape index (κ3) is 29.8. The van der Waals surface area contributed by atoms with Crippen LogP contribution in [0.2, 0.25) is 0 Å². The van der Waals surface area contributed by atoms with Gasteiger partial charge >= 0.3 is 0 Å². The SMILES string of the molecule is CCCCCCCCCCOC(CCCCCCCC/C=C\CCO)OCCCCCCCCCC. The molecule has 1 N–H and O–H groups in total. The fourth-order valence-electron chi connectivity index (χ4n) is 4.71. The normalized spacial score (nSPS) is 11.9. The average Bonchev–Trinajstić information content (AvgIpc) is 2.89. The Bertz CT molecular complexity index is 388. The van der Waals surface area contributed by atoms with Gasteiger partial charge in [-0.15, -0.1) is 0 Å². The molecule has 0 saturated heterocycles. The van der Waals surface area contributed by atoms with E-state index in [9.17, 15) is 0 Å². The lowest BCUT2D eigenvalue weighted by Crippen LogP contribution is -2.19. The van der Waals surface area contributed by atoms with Crippen molar-refractivity contribution in [1.82, 2.24) is 0 Å². The molecule has 3 heteroatoms. The highest BCUT2D eigenvalue weighted by atomic mass is 16.7. The molecule has 0 atom stereocenters. The van der Waals surface area contributed by atoms with Gasteiger partial charge in [-0.2, -0.15) is 0 Å². The molecule has 0 fully saturated rings. The minimum atomic E-state index is 0.00997. The number of aliphatic hydroxyl groups is 1. The van der Waals surface area contributed by atoms with Gasteiger partial charge in [-0.05, 0) is 44.9 Å². The van der Waals surface area contributed by atoms with Crippen molar-refractivity contribution in [2.45, 2.75) is 181 Å². The molecule has 0 heterocycles. The van der Waals surface area contributed by atoms with Crippen LogP contribution in [0.5, 0.6) is 0 Å². The van der Waals surface area contributed by atoms with Crippen LogP contribution in [0.4, 0.5) is 0 Å². The van der Waals surface area contributed by atoms with Crippen molar-refractivity contribution in [3.05, 3.63) is 12.2 Å². The summed E-state index contributed by atoms with van der Waals surface area (Å²) in [7, 11) is 0. The summed E-state index contributed by atoms with van der Waals surface area (Å²) in [5, 5.41) is 8.79. The Kier molecular flexibility index (Phi) is 32.3. The van der Waals surface area contributed by atoms with Crippen molar-refractivity contribution in [2.24, 2.45) is 0 Å². The Labute approximate surface area is 227 Å². The molecule has 216 valence electrons. The molecule has 3 nitrogen and oxygen atoms in total. The fourth-order valence-corrected chi connectivity index (χ4v) is 4.71. The maximum atomic E-state index is 8.79. The molecule has 0 amide bonds. The van der Waals surface area contributed by atoms with Crippen LogP contribution < -0.4 is 0 Å². The molecular weight excluding hydrogens is 444 g/mol. The summed E-state index contributed by atoms with van der Waals surface area (Å²) >= 11 is 0. The third-order valence-corrected chi connectivity index (χ3v) is 7.13. The summed E-state index contributed by atoms with van der Waals surface area (Å²) < 4.78 is 12.4. The largest absolute Gasteiger partial charge is 0.396 e. The summed E-state index contributed by atoms with van der Waals surface area (Å²) in [5.41, 5.74) is 0. The Balaban J connectivity index is 3.89. The Morgan fingerprint density at radius 3 is 1.33 bits per heavy atom. The van der Waals surface area contributed by atoms with E-state index in [2.05, 4.69) is 26.0 Å². The number of unbranched alkanes of at least 4 members (excludes halogenated alkanes) is 20. The number of allylic oxidation sites excluding steroid dienone is 1. The van der Waals surface area contributed by atoms with E-state index in [1.54, 1.807) is 0 Å². The van der Waals surface area contributed by atoms with Gasteiger partial charge in [0.25, 0.3) is 0 Å². The zero-order valence-corrected chi connectivity index (χ0v) is 24.8. The van der Waals surface area contributed by atoms with E-state index in [0.717, 1.165) is 32.5 Å². The van der Waals surface area contributed by atoms with Crippen LogP contribution in [-0.2, 0) is 9.47 Å². The Hall–Kier alpha value is -0.380. The maximum Gasteiger partial charge on any atom is 0.157 e. The lowest BCUT2D eigenvalue weighted by atomic mass is 10.1. The smallest absolute Gasteiger partial charge is 0.157 e. The van der Waals surface area contributed by atoms with Gasteiger partial charge in [0.15, 0.2) is 6.29 Å². The highest BCUT2D eigenvalue weighted by Gasteiger charge is 2.09. The average molecular weight is 511 g/mol. The second-order valence-electron chi connectivity index (χ2n) is 10.8. The van der Waals surface area contributed by atoms with Gasteiger partial charge in [-0.3, -0.25) is 0 Å². The number of rotatable bonds is 31. The molecule has 36 heavy (non-hydrogen) atoms. The summed E-state index contributed by atoms with van der Waals surface area (Å²) in [5.74, 6) is 0. The Morgan fingerprint density at radius 2 is 0.861 bits per heavy atom. The van der Waals surface area contributed by atoms with Crippen LogP contribution in [0.25, 0.3) is 0 Å². The highest BCUT2D eigenvalue weighted by molar-refractivity contribution is 4.80. The van der Waals surface area contributed by atoms with E-state index in [1.165, 1.54) is 141 Å². The van der Waals surface area contributed by atoms with E-state index in [0.29, 0.717) is 0 Å². The lowest BCUT2D eigenvalue weighted by Gasteiger charge is -2.19. The fraction of sp³-hybridized carbons (Fsp3) is 0.939. The van der Waals surface area contributed by atoms with Crippen molar-refractivity contribution in [1.29, 1.82) is 0 Å². The van der Waals surface area contributed by atoms with E-state index >= 15 is 0 Å². The first kappa shape index (κ1) is 35.6. The van der Waals surface area contributed by atoms with Crippen molar-refractivity contribution in [2.75, 3.05) is 19.8 Å². The summed E-state index contributed by atoms with van der Waals surface area (Å²) in [6, 6.07) is 0. The minimum absolute atomic E-state index is 0.00997. The third-order valence-electron chi connectivity index (χ3n) is 7.13. The van der Waals surface area contributed by atoms with Crippen molar-refractivity contribution in [3.63, 3.8) is 0 Å². The van der Waals surface area contributed by atoms with E-state index < -0.39 is 0 Å². The molecule has 0 unspecified atom stereocenters. The van der Waals surface area contributed by atoms with Gasteiger partial charge in [0, 0.05) is 19.8 Å². The molecule has 0 aliphatic rings. The van der Waals surface area contributed by atoms with Gasteiger partial charge in [-0.1, -0.05) is 142 Å². The van der Waals surface area contributed by atoms with Gasteiger partial charge in [-0.25, -0.2) is 0 Å². The van der Waals surface area contributed by atoms with Crippen LogP contribution in [0.15, 0.2) is 12.2 Å². The molecule has 0 spiro atoms. The summed E-state index contributed by atoms with van der Waals surface area (Å²) in [4.78, 5) is 0. The van der Waals surface area contributed by atoms with Gasteiger partial charge in [0.2, 0.25) is 0 Å². The van der Waals surface area contributed by atoms with Crippen molar-refractivity contribution >= 4 is 0 Å². The van der Waals surface area contributed by atoms with Crippen molar-refractivity contribution < 1.29 is 14.6 Å². The molecule has 0 radical (unpaired) electrons. The lowest BCUT2D eigenvalue weighted by molar-refractivity contribution is -0.148. The maximum absolute atomic E-state index is 8.79.